The van der Waals surface area contributed by atoms with E-state index < -0.39 is 0 Å². The highest BCUT2D eigenvalue weighted by Crippen LogP contribution is 2.58. The molecule has 1 saturated carbocycles. The van der Waals surface area contributed by atoms with E-state index in [-0.39, 0.29) is 0 Å². The lowest BCUT2D eigenvalue weighted by Gasteiger charge is -2.60. The first-order chi connectivity index (χ1) is 9.04. The molecule has 0 aliphatic heterocycles. The minimum absolute atomic E-state index is 0.384. The third-order valence-electron chi connectivity index (χ3n) is 5.06. The third-order valence-corrected chi connectivity index (χ3v) is 5.55. The van der Waals surface area contributed by atoms with Gasteiger partial charge in [0.05, 0.1) is 0 Å². The van der Waals surface area contributed by atoms with Crippen LogP contribution < -0.4 is 5.32 Å². The van der Waals surface area contributed by atoms with E-state index >= 15 is 0 Å². The fourth-order valence-electron chi connectivity index (χ4n) is 4.01. The number of halogens is 1. The normalized spacial score (nSPS) is 34.1. The van der Waals surface area contributed by atoms with Crippen molar-refractivity contribution in [2.45, 2.75) is 52.5 Å². The average Bonchev–Trinajstić information content (AvgIpc) is 2.39. The zero-order valence-electron chi connectivity index (χ0n) is 12.5. The largest absolute Gasteiger partial charge is 0.313 e. The Labute approximate surface area is 126 Å². The molecule has 0 heterocycles. The van der Waals surface area contributed by atoms with Crippen molar-refractivity contribution in [3.8, 4) is 0 Å². The van der Waals surface area contributed by atoms with Gasteiger partial charge in [-0.25, -0.2) is 0 Å². The molecule has 1 N–H and O–H groups in total. The number of benzene rings is 1. The molecule has 106 valence electrons. The van der Waals surface area contributed by atoms with Crippen molar-refractivity contribution >= 4 is 15.9 Å². The molecule has 19 heavy (non-hydrogen) atoms. The molecule has 1 aromatic rings. The van der Waals surface area contributed by atoms with Crippen molar-refractivity contribution in [3.63, 3.8) is 0 Å². The van der Waals surface area contributed by atoms with Crippen LogP contribution in [0.25, 0.3) is 0 Å². The van der Waals surface area contributed by atoms with E-state index in [1.807, 2.05) is 0 Å². The molecule has 1 nitrogen and oxygen atoms in total. The zero-order chi connectivity index (χ0) is 14.0. The van der Waals surface area contributed by atoms with Gasteiger partial charge >= 0.3 is 0 Å². The Kier molecular flexibility index (Phi) is 4.73. The standard InChI is InChI=1S/C17H26BrN/c1-5-10-19-16-12(3)15(17(16,4)6-2)13-8-7-9-14(18)11-13/h7-9,11-12,15-16,19H,5-6,10H2,1-4H3. The summed E-state index contributed by atoms with van der Waals surface area (Å²) in [6.07, 6.45) is 2.44. The molecule has 2 heteroatoms. The molecule has 4 atom stereocenters. The summed E-state index contributed by atoms with van der Waals surface area (Å²) in [6, 6.07) is 9.51. The van der Waals surface area contributed by atoms with Gasteiger partial charge in [0.2, 0.25) is 0 Å². The SMILES string of the molecule is CCCNC1C(C)C(c2cccc(Br)c2)C1(C)CC. The van der Waals surface area contributed by atoms with E-state index in [4.69, 9.17) is 0 Å². The van der Waals surface area contributed by atoms with Gasteiger partial charge in [-0.05, 0) is 54.3 Å². The van der Waals surface area contributed by atoms with Crippen LogP contribution in [0.15, 0.2) is 28.7 Å². The van der Waals surface area contributed by atoms with E-state index in [0.717, 1.165) is 6.54 Å². The number of nitrogens with one attached hydrogen (secondary N) is 1. The molecule has 1 aliphatic rings. The summed E-state index contributed by atoms with van der Waals surface area (Å²) < 4.78 is 1.20. The third kappa shape index (κ3) is 2.62. The molecule has 0 spiro atoms. The first kappa shape index (κ1) is 15.1. The van der Waals surface area contributed by atoms with Gasteiger partial charge in [0.1, 0.15) is 0 Å². The zero-order valence-corrected chi connectivity index (χ0v) is 14.1. The van der Waals surface area contributed by atoms with Crippen molar-refractivity contribution in [2.24, 2.45) is 11.3 Å². The summed E-state index contributed by atoms with van der Waals surface area (Å²) in [5, 5.41) is 3.76. The minimum Gasteiger partial charge on any atom is -0.313 e. The molecule has 2 rings (SSSR count). The van der Waals surface area contributed by atoms with Crippen molar-refractivity contribution in [2.75, 3.05) is 6.54 Å². The van der Waals surface area contributed by atoms with Gasteiger partial charge in [-0.15, -0.1) is 0 Å². The smallest absolute Gasteiger partial charge is 0.0178 e. The first-order valence-corrected chi connectivity index (χ1v) is 8.32. The molecule has 0 amide bonds. The average molecular weight is 324 g/mol. The number of hydrogen-bond acceptors (Lipinski definition) is 1. The lowest BCUT2D eigenvalue weighted by molar-refractivity contribution is -0.0195. The second-order valence-corrected chi connectivity index (χ2v) is 7.10. The maximum absolute atomic E-state index is 3.76. The van der Waals surface area contributed by atoms with Crippen molar-refractivity contribution in [1.29, 1.82) is 0 Å². The van der Waals surface area contributed by atoms with Crippen LogP contribution in [0.5, 0.6) is 0 Å². The van der Waals surface area contributed by atoms with Gasteiger partial charge in [-0.3, -0.25) is 0 Å². The van der Waals surface area contributed by atoms with Crippen LogP contribution in [0.2, 0.25) is 0 Å². The first-order valence-electron chi connectivity index (χ1n) is 7.53. The molecule has 1 aliphatic carbocycles. The van der Waals surface area contributed by atoms with Crippen LogP contribution in [-0.2, 0) is 0 Å². The van der Waals surface area contributed by atoms with Crippen LogP contribution in [-0.4, -0.2) is 12.6 Å². The quantitative estimate of drug-likeness (QED) is 0.806. The highest BCUT2D eigenvalue weighted by Gasteiger charge is 2.55. The molecular formula is C17H26BrN. The molecular weight excluding hydrogens is 298 g/mol. The van der Waals surface area contributed by atoms with E-state index in [1.165, 1.54) is 22.9 Å². The second kappa shape index (κ2) is 5.97. The highest BCUT2D eigenvalue weighted by atomic mass is 79.9. The Balaban J connectivity index is 2.22. The highest BCUT2D eigenvalue weighted by molar-refractivity contribution is 9.10. The van der Waals surface area contributed by atoms with Crippen molar-refractivity contribution in [1.82, 2.24) is 5.32 Å². The molecule has 0 saturated heterocycles. The maximum atomic E-state index is 3.76. The van der Waals surface area contributed by atoms with Crippen LogP contribution in [0.1, 0.15) is 52.0 Å². The van der Waals surface area contributed by atoms with E-state index in [0.29, 0.717) is 23.3 Å². The van der Waals surface area contributed by atoms with Gasteiger partial charge in [0.25, 0.3) is 0 Å². The van der Waals surface area contributed by atoms with Crippen molar-refractivity contribution in [3.05, 3.63) is 34.3 Å². The van der Waals surface area contributed by atoms with E-state index in [2.05, 4.69) is 73.2 Å². The molecule has 1 aromatic carbocycles. The molecule has 0 radical (unpaired) electrons. The summed E-state index contributed by atoms with van der Waals surface area (Å²) in [5.74, 6) is 1.38. The Hall–Kier alpha value is -0.340. The predicted molar refractivity (Wildman–Crippen MR) is 86.5 cm³/mol. The topological polar surface area (TPSA) is 12.0 Å². The monoisotopic (exact) mass is 323 g/mol. The Morgan fingerprint density at radius 3 is 2.63 bits per heavy atom. The summed E-state index contributed by atoms with van der Waals surface area (Å²) in [4.78, 5) is 0. The summed E-state index contributed by atoms with van der Waals surface area (Å²) in [6.45, 7) is 10.6. The van der Waals surface area contributed by atoms with Crippen LogP contribution >= 0.6 is 15.9 Å². The maximum Gasteiger partial charge on any atom is 0.0178 e. The predicted octanol–water partition coefficient (Wildman–Crippen LogP) is 4.97. The minimum atomic E-state index is 0.384. The molecule has 0 aromatic heterocycles. The molecule has 4 unspecified atom stereocenters. The van der Waals surface area contributed by atoms with E-state index in [1.54, 1.807) is 0 Å². The van der Waals surface area contributed by atoms with Gasteiger partial charge in [0.15, 0.2) is 0 Å². The lowest BCUT2D eigenvalue weighted by Crippen LogP contribution is -2.62. The van der Waals surface area contributed by atoms with Gasteiger partial charge < -0.3 is 5.32 Å². The van der Waals surface area contributed by atoms with Gasteiger partial charge in [0, 0.05) is 10.5 Å². The lowest BCUT2D eigenvalue weighted by atomic mass is 9.48. The Morgan fingerprint density at radius 2 is 2.05 bits per heavy atom. The molecule has 1 fully saturated rings. The van der Waals surface area contributed by atoms with Crippen LogP contribution in [0.4, 0.5) is 0 Å². The Morgan fingerprint density at radius 1 is 1.32 bits per heavy atom. The summed E-state index contributed by atoms with van der Waals surface area (Å²) >= 11 is 3.60. The van der Waals surface area contributed by atoms with Crippen molar-refractivity contribution < 1.29 is 0 Å². The van der Waals surface area contributed by atoms with Crippen LogP contribution in [0, 0.1) is 11.3 Å². The van der Waals surface area contributed by atoms with Crippen LogP contribution in [0.3, 0.4) is 0 Å². The van der Waals surface area contributed by atoms with Gasteiger partial charge in [-0.1, -0.05) is 55.8 Å². The van der Waals surface area contributed by atoms with Gasteiger partial charge in [-0.2, -0.15) is 0 Å². The fraction of sp³-hybridized carbons (Fsp3) is 0.647. The summed E-state index contributed by atoms with van der Waals surface area (Å²) in [5.41, 5.74) is 1.87. The molecule has 0 bridgehead atoms. The number of rotatable bonds is 5. The fourth-order valence-corrected chi connectivity index (χ4v) is 4.43. The number of hydrogen-bond donors (Lipinski definition) is 1. The second-order valence-electron chi connectivity index (χ2n) is 6.18. The summed E-state index contributed by atoms with van der Waals surface area (Å²) in [7, 11) is 0. The van der Waals surface area contributed by atoms with E-state index in [9.17, 15) is 0 Å². The Bertz CT molecular complexity index is 431.